The predicted octanol–water partition coefficient (Wildman–Crippen LogP) is 3.02. The summed E-state index contributed by atoms with van der Waals surface area (Å²) in [6.45, 7) is 0. The summed E-state index contributed by atoms with van der Waals surface area (Å²) >= 11 is 0. The van der Waals surface area contributed by atoms with Gasteiger partial charge in [-0.2, -0.15) is 0 Å². The van der Waals surface area contributed by atoms with Gasteiger partial charge in [0.2, 0.25) is 0 Å². The normalized spacial score (nSPS) is 13.5. The summed E-state index contributed by atoms with van der Waals surface area (Å²) in [6.07, 6.45) is 0.156. The summed E-state index contributed by atoms with van der Waals surface area (Å²) in [7, 11) is 0. The molecule has 0 saturated heterocycles. The maximum absolute atomic E-state index is 12.3. The zero-order chi connectivity index (χ0) is 14.8. The minimum Gasteiger partial charge on any atom is -0.481 e. The first-order valence-electron chi connectivity index (χ1n) is 6.64. The Hall–Kier alpha value is -2.75. The molecule has 104 valence electrons. The zero-order valence-corrected chi connectivity index (χ0v) is 11.2. The Labute approximate surface area is 121 Å². The van der Waals surface area contributed by atoms with E-state index in [1.807, 2.05) is 30.3 Å². The maximum atomic E-state index is 12.3. The Morgan fingerprint density at radius 2 is 1.90 bits per heavy atom. The monoisotopic (exact) mass is 279 g/mol. The molecule has 0 bridgehead atoms. The third-order valence-electron chi connectivity index (χ3n) is 3.41. The lowest BCUT2D eigenvalue weighted by Gasteiger charge is -2.15. The first-order chi connectivity index (χ1) is 10.1. The van der Waals surface area contributed by atoms with Crippen LogP contribution in [0.25, 0.3) is 0 Å². The second kappa shape index (κ2) is 5.32. The van der Waals surface area contributed by atoms with Crippen LogP contribution in [0.5, 0.6) is 0 Å². The van der Waals surface area contributed by atoms with E-state index in [0.29, 0.717) is 16.8 Å². The van der Waals surface area contributed by atoms with Crippen molar-refractivity contribution in [1.29, 1.82) is 0 Å². The number of nitrogens with zero attached hydrogens (tertiary/aromatic N) is 1. The molecule has 0 atom stereocenters. The number of hydrogen-bond acceptors (Lipinski definition) is 3. The highest BCUT2D eigenvalue weighted by atomic mass is 16.4. The Balaban J connectivity index is 2.00. The lowest BCUT2D eigenvalue weighted by molar-refractivity contribution is -0.136. The first kappa shape index (κ1) is 13.2. The summed E-state index contributed by atoms with van der Waals surface area (Å²) < 4.78 is 0. The molecule has 0 fully saturated rings. The average molecular weight is 279 g/mol. The zero-order valence-electron chi connectivity index (χ0n) is 11.2. The van der Waals surface area contributed by atoms with Gasteiger partial charge in [0, 0.05) is 5.56 Å². The fraction of sp³-hybridized carbons (Fsp3) is 0.118. The molecule has 0 unspecified atom stereocenters. The van der Waals surface area contributed by atoms with Crippen LogP contribution in [0.3, 0.4) is 0 Å². The molecule has 0 spiro atoms. The molecule has 4 nitrogen and oxygen atoms in total. The molecule has 2 aromatic rings. The Morgan fingerprint density at radius 3 is 2.62 bits per heavy atom. The van der Waals surface area contributed by atoms with E-state index in [2.05, 4.69) is 4.99 Å². The van der Waals surface area contributed by atoms with E-state index in [0.717, 1.165) is 11.3 Å². The lowest BCUT2D eigenvalue weighted by Crippen LogP contribution is -2.15. The number of benzene rings is 2. The van der Waals surface area contributed by atoms with Crippen LogP contribution in [-0.4, -0.2) is 22.6 Å². The molecule has 4 heteroatoms. The van der Waals surface area contributed by atoms with E-state index in [4.69, 9.17) is 5.11 Å². The highest BCUT2D eigenvalue weighted by Crippen LogP contribution is 2.28. The molecule has 1 heterocycles. The number of aliphatic carboxylic acids is 1. The van der Waals surface area contributed by atoms with Crippen LogP contribution in [0.15, 0.2) is 53.5 Å². The van der Waals surface area contributed by atoms with Crippen molar-refractivity contribution in [2.24, 2.45) is 4.99 Å². The van der Waals surface area contributed by atoms with Crippen LogP contribution in [0.4, 0.5) is 5.69 Å². The van der Waals surface area contributed by atoms with Crippen molar-refractivity contribution in [2.75, 3.05) is 0 Å². The molecule has 2 aromatic carbocycles. The van der Waals surface area contributed by atoms with E-state index in [9.17, 15) is 9.59 Å². The summed E-state index contributed by atoms with van der Waals surface area (Å²) in [6, 6.07) is 14.6. The molecular weight excluding hydrogens is 266 g/mol. The molecule has 0 amide bonds. The Morgan fingerprint density at radius 1 is 1.14 bits per heavy atom. The van der Waals surface area contributed by atoms with Crippen molar-refractivity contribution in [2.45, 2.75) is 12.8 Å². The number of fused-ring (bicyclic) bond motifs is 1. The largest absolute Gasteiger partial charge is 0.481 e. The first-order valence-corrected chi connectivity index (χ1v) is 6.64. The maximum Gasteiger partial charge on any atom is 0.307 e. The molecule has 1 aliphatic heterocycles. The predicted molar refractivity (Wildman–Crippen MR) is 79.4 cm³/mol. The second-order valence-electron chi connectivity index (χ2n) is 4.95. The van der Waals surface area contributed by atoms with Gasteiger partial charge in [0.1, 0.15) is 0 Å². The van der Waals surface area contributed by atoms with Gasteiger partial charge < -0.3 is 5.11 Å². The van der Waals surface area contributed by atoms with Gasteiger partial charge in [-0.05, 0) is 23.3 Å². The SMILES string of the molecule is O=C(O)Cc1ccc2c(c1)C(=O)CC(c1ccccc1)=N2. The van der Waals surface area contributed by atoms with Gasteiger partial charge in [-0.25, -0.2) is 0 Å². The Kier molecular flexibility index (Phi) is 3.36. The summed E-state index contributed by atoms with van der Waals surface area (Å²) in [5, 5.41) is 8.82. The number of hydrogen-bond donors (Lipinski definition) is 1. The molecule has 1 N–H and O–H groups in total. The van der Waals surface area contributed by atoms with Crippen LogP contribution < -0.4 is 0 Å². The number of carbonyl (C=O) groups is 2. The standard InChI is InChI=1S/C17H13NO3/c19-16-10-15(12-4-2-1-3-5-12)18-14-7-6-11(8-13(14)16)9-17(20)21/h1-8H,9-10H2,(H,20,21). The quantitative estimate of drug-likeness (QED) is 0.939. The van der Waals surface area contributed by atoms with Gasteiger partial charge in [-0.15, -0.1) is 0 Å². The summed E-state index contributed by atoms with van der Waals surface area (Å²) in [5.74, 6) is -0.933. The van der Waals surface area contributed by atoms with E-state index in [1.54, 1.807) is 18.2 Å². The van der Waals surface area contributed by atoms with E-state index in [1.165, 1.54) is 0 Å². The highest BCUT2D eigenvalue weighted by Gasteiger charge is 2.21. The van der Waals surface area contributed by atoms with Crippen molar-refractivity contribution in [3.05, 3.63) is 65.2 Å². The number of aliphatic imine (C=N–C) groups is 1. The summed E-state index contributed by atoms with van der Waals surface area (Å²) in [5.41, 5.74) is 3.42. The van der Waals surface area contributed by atoms with E-state index >= 15 is 0 Å². The van der Waals surface area contributed by atoms with Gasteiger partial charge in [-0.1, -0.05) is 36.4 Å². The number of rotatable bonds is 3. The smallest absolute Gasteiger partial charge is 0.307 e. The topological polar surface area (TPSA) is 66.7 Å². The van der Waals surface area contributed by atoms with Crippen molar-refractivity contribution in [3.63, 3.8) is 0 Å². The molecule has 0 saturated carbocycles. The third kappa shape index (κ3) is 2.74. The molecule has 0 radical (unpaired) electrons. The highest BCUT2D eigenvalue weighted by molar-refractivity contribution is 6.20. The average Bonchev–Trinajstić information content (AvgIpc) is 2.48. The fourth-order valence-corrected chi connectivity index (χ4v) is 2.42. The number of Topliss-reactive ketones (excluding diaryl/α,β-unsaturated/α-hetero) is 1. The number of carbonyl (C=O) groups excluding carboxylic acids is 1. The third-order valence-corrected chi connectivity index (χ3v) is 3.41. The molecule has 3 rings (SSSR count). The van der Waals surface area contributed by atoms with Crippen LogP contribution >= 0.6 is 0 Å². The van der Waals surface area contributed by atoms with Gasteiger partial charge in [0.25, 0.3) is 0 Å². The fourth-order valence-electron chi connectivity index (χ4n) is 2.42. The number of carboxylic acid groups (broad SMARTS) is 1. The van der Waals surface area contributed by atoms with Crippen LogP contribution in [-0.2, 0) is 11.2 Å². The van der Waals surface area contributed by atoms with Crippen LogP contribution in [0.2, 0.25) is 0 Å². The minimum absolute atomic E-state index is 0.0221. The van der Waals surface area contributed by atoms with Crippen LogP contribution in [0, 0.1) is 0 Å². The second-order valence-corrected chi connectivity index (χ2v) is 4.95. The van der Waals surface area contributed by atoms with E-state index in [-0.39, 0.29) is 18.6 Å². The van der Waals surface area contributed by atoms with Crippen molar-refractivity contribution in [1.82, 2.24) is 0 Å². The lowest BCUT2D eigenvalue weighted by atomic mass is 9.94. The molecular formula is C17H13NO3. The van der Waals surface area contributed by atoms with E-state index < -0.39 is 5.97 Å². The van der Waals surface area contributed by atoms with Crippen molar-refractivity contribution < 1.29 is 14.7 Å². The van der Waals surface area contributed by atoms with Crippen molar-refractivity contribution >= 4 is 23.2 Å². The van der Waals surface area contributed by atoms with Gasteiger partial charge in [-0.3, -0.25) is 14.6 Å². The molecule has 0 aromatic heterocycles. The molecule has 1 aliphatic rings. The van der Waals surface area contributed by atoms with Gasteiger partial charge >= 0.3 is 5.97 Å². The Bertz CT molecular complexity index is 748. The van der Waals surface area contributed by atoms with Gasteiger partial charge in [0.05, 0.1) is 24.2 Å². The molecule has 21 heavy (non-hydrogen) atoms. The summed E-state index contributed by atoms with van der Waals surface area (Å²) in [4.78, 5) is 27.6. The molecule has 0 aliphatic carbocycles. The minimum atomic E-state index is -0.910. The van der Waals surface area contributed by atoms with Gasteiger partial charge in [0.15, 0.2) is 5.78 Å². The van der Waals surface area contributed by atoms with Crippen LogP contribution in [0.1, 0.15) is 27.9 Å². The number of carboxylic acids is 1. The van der Waals surface area contributed by atoms with Crippen molar-refractivity contribution in [3.8, 4) is 0 Å². The number of ketones is 1.